The minimum absolute atomic E-state index is 0.150. The van der Waals surface area contributed by atoms with Crippen LogP contribution >= 0.6 is 0 Å². The van der Waals surface area contributed by atoms with Gasteiger partial charge in [0.25, 0.3) is 0 Å². The average Bonchev–Trinajstić information content (AvgIpc) is 2.76. The van der Waals surface area contributed by atoms with Crippen molar-refractivity contribution < 1.29 is 27.5 Å². The molecule has 0 unspecified atom stereocenters. The Morgan fingerprint density at radius 1 is 1.17 bits per heavy atom. The molecule has 4 nitrogen and oxygen atoms in total. The molecule has 0 aliphatic carbocycles. The molecule has 0 aromatic heterocycles. The van der Waals surface area contributed by atoms with Gasteiger partial charge in [0, 0.05) is 12.1 Å². The highest BCUT2D eigenvalue weighted by atomic mass is 19.4. The van der Waals surface area contributed by atoms with Gasteiger partial charge in [-0.05, 0) is 51.8 Å². The van der Waals surface area contributed by atoms with Crippen LogP contribution in [0.3, 0.4) is 0 Å². The van der Waals surface area contributed by atoms with Gasteiger partial charge in [-0.15, -0.1) is 0 Å². The van der Waals surface area contributed by atoms with E-state index in [1.807, 2.05) is 0 Å². The summed E-state index contributed by atoms with van der Waals surface area (Å²) >= 11 is 0. The third-order valence-corrected chi connectivity index (χ3v) is 3.41. The fourth-order valence-electron chi connectivity index (χ4n) is 2.47. The zero-order chi connectivity index (χ0) is 17.6. The zero-order valence-electron chi connectivity index (χ0n) is 13.4. The second kappa shape index (κ2) is 5.54. The van der Waals surface area contributed by atoms with Gasteiger partial charge in [0.15, 0.2) is 5.78 Å². The third-order valence-electron chi connectivity index (χ3n) is 3.41. The molecule has 1 aromatic carbocycles. The lowest BCUT2D eigenvalue weighted by atomic mass is 9.99. The maximum Gasteiger partial charge on any atom is 0.417 e. The van der Waals surface area contributed by atoms with Crippen molar-refractivity contribution in [3.8, 4) is 0 Å². The highest BCUT2D eigenvalue weighted by Gasteiger charge is 2.38. The average molecular weight is 329 g/mol. The second-order valence-corrected chi connectivity index (χ2v) is 6.46. The van der Waals surface area contributed by atoms with Gasteiger partial charge in [0.1, 0.15) is 5.60 Å². The Labute approximate surface area is 132 Å². The van der Waals surface area contributed by atoms with E-state index in [4.69, 9.17) is 4.74 Å². The number of Topliss-reactive ketones (excluding diaryl/α,β-unsaturated/α-hetero) is 1. The topological polar surface area (TPSA) is 46.6 Å². The Bertz CT molecular complexity index is 660. The van der Waals surface area contributed by atoms with Gasteiger partial charge in [0.2, 0.25) is 0 Å². The van der Waals surface area contributed by atoms with Crippen LogP contribution in [0.25, 0.3) is 0 Å². The summed E-state index contributed by atoms with van der Waals surface area (Å²) in [5, 5.41) is 0. The van der Waals surface area contributed by atoms with E-state index in [1.54, 1.807) is 20.8 Å². The van der Waals surface area contributed by atoms with Crippen LogP contribution in [0.2, 0.25) is 0 Å². The van der Waals surface area contributed by atoms with Crippen molar-refractivity contribution in [2.24, 2.45) is 0 Å². The molecule has 0 bridgehead atoms. The monoisotopic (exact) mass is 329 g/mol. The van der Waals surface area contributed by atoms with Crippen molar-refractivity contribution in [2.45, 2.75) is 45.9 Å². The van der Waals surface area contributed by atoms with Gasteiger partial charge in [0.05, 0.1) is 11.3 Å². The molecule has 0 spiro atoms. The minimum atomic E-state index is -4.67. The molecule has 1 amide bonds. The van der Waals surface area contributed by atoms with E-state index in [2.05, 4.69) is 0 Å². The molecule has 126 valence electrons. The Morgan fingerprint density at radius 3 is 2.26 bits per heavy atom. The molecule has 0 saturated carbocycles. The van der Waals surface area contributed by atoms with Crippen molar-refractivity contribution >= 4 is 17.6 Å². The van der Waals surface area contributed by atoms with E-state index in [-0.39, 0.29) is 17.8 Å². The van der Waals surface area contributed by atoms with Crippen LogP contribution < -0.4 is 4.90 Å². The van der Waals surface area contributed by atoms with Crippen molar-refractivity contribution in [2.75, 3.05) is 11.4 Å². The number of nitrogens with zero attached hydrogens (tertiary/aromatic N) is 1. The number of amides is 1. The molecule has 2 rings (SSSR count). The van der Waals surface area contributed by atoms with Gasteiger partial charge < -0.3 is 4.74 Å². The van der Waals surface area contributed by atoms with Gasteiger partial charge in [-0.25, -0.2) is 4.79 Å². The lowest BCUT2D eigenvalue weighted by Gasteiger charge is -2.25. The van der Waals surface area contributed by atoms with Gasteiger partial charge in [-0.3, -0.25) is 9.69 Å². The van der Waals surface area contributed by atoms with Crippen LogP contribution in [0.1, 0.15) is 49.2 Å². The van der Waals surface area contributed by atoms with Gasteiger partial charge >= 0.3 is 12.3 Å². The van der Waals surface area contributed by atoms with E-state index in [1.165, 1.54) is 11.0 Å². The maximum atomic E-state index is 13.2. The van der Waals surface area contributed by atoms with Crippen molar-refractivity contribution in [3.63, 3.8) is 0 Å². The Morgan fingerprint density at radius 2 is 1.78 bits per heavy atom. The number of benzene rings is 1. The Hall–Kier alpha value is -2.05. The lowest BCUT2D eigenvalue weighted by molar-refractivity contribution is -0.137. The number of carbonyl (C=O) groups excluding carboxylic acids is 2. The fraction of sp³-hybridized carbons (Fsp3) is 0.500. The Kier molecular flexibility index (Phi) is 4.17. The first-order valence-electron chi connectivity index (χ1n) is 7.16. The lowest BCUT2D eigenvalue weighted by Crippen LogP contribution is -2.35. The number of halogens is 3. The highest BCUT2D eigenvalue weighted by Crippen LogP contribution is 2.39. The van der Waals surface area contributed by atoms with Crippen molar-refractivity contribution in [1.82, 2.24) is 0 Å². The zero-order valence-corrected chi connectivity index (χ0v) is 13.4. The summed E-state index contributed by atoms with van der Waals surface area (Å²) in [4.78, 5) is 24.8. The molecule has 1 aliphatic rings. The van der Waals surface area contributed by atoms with E-state index in [0.29, 0.717) is 12.0 Å². The number of hydrogen-bond acceptors (Lipinski definition) is 3. The molecular weight excluding hydrogens is 311 g/mol. The van der Waals surface area contributed by atoms with E-state index >= 15 is 0 Å². The summed E-state index contributed by atoms with van der Waals surface area (Å²) in [7, 11) is 0. The highest BCUT2D eigenvalue weighted by molar-refractivity contribution is 5.98. The molecule has 1 heterocycles. The summed E-state index contributed by atoms with van der Waals surface area (Å²) < 4.78 is 44.8. The number of fused-ring (bicyclic) bond motifs is 1. The molecule has 0 fully saturated rings. The molecular formula is C16H18F3NO3. The second-order valence-electron chi connectivity index (χ2n) is 6.46. The first-order valence-corrected chi connectivity index (χ1v) is 7.16. The van der Waals surface area contributed by atoms with Gasteiger partial charge in [-0.2, -0.15) is 13.2 Å². The quantitative estimate of drug-likeness (QED) is 0.725. The summed E-state index contributed by atoms with van der Waals surface area (Å²) in [6, 6.07) is 2.09. The van der Waals surface area contributed by atoms with Gasteiger partial charge in [-0.1, -0.05) is 0 Å². The minimum Gasteiger partial charge on any atom is -0.443 e. The first kappa shape index (κ1) is 17.3. The van der Waals surface area contributed by atoms with Crippen LogP contribution in [-0.4, -0.2) is 24.0 Å². The first-order chi connectivity index (χ1) is 10.4. The molecule has 0 saturated heterocycles. The van der Waals surface area contributed by atoms with Crippen LogP contribution in [0.15, 0.2) is 12.1 Å². The molecule has 1 aliphatic heterocycles. The Balaban J connectivity index is 2.47. The summed E-state index contributed by atoms with van der Waals surface area (Å²) in [6.07, 6.45) is -4.98. The third kappa shape index (κ3) is 3.65. The fourth-order valence-corrected chi connectivity index (χ4v) is 2.47. The van der Waals surface area contributed by atoms with E-state index < -0.39 is 29.2 Å². The number of rotatable bonds is 1. The van der Waals surface area contributed by atoms with Crippen molar-refractivity contribution in [1.29, 1.82) is 0 Å². The van der Waals surface area contributed by atoms with Crippen LogP contribution in [0, 0.1) is 0 Å². The number of anilines is 1. The standard InChI is InChI=1S/C16H18F3NO3/c1-9(21)11-7-10-5-6-20(14(22)23-15(2,3)4)13(10)8-12(11)16(17,18)19/h7-8H,5-6H2,1-4H3. The predicted molar refractivity (Wildman–Crippen MR) is 78.7 cm³/mol. The van der Waals surface area contributed by atoms with Crippen LogP contribution in [-0.2, 0) is 17.3 Å². The summed E-state index contributed by atoms with van der Waals surface area (Å²) in [6.45, 7) is 6.37. The molecule has 7 heteroatoms. The number of hydrogen-bond donors (Lipinski definition) is 0. The molecule has 23 heavy (non-hydrogen) atoms. The van der Waals surface area contributed by atoms with Crippen LogP contribution in [0.4, 0.5) is 23.7 Å². The number of ether oxygens (including phenoxy) is 1. The van der Waals surface area contributed by atoms with E-state index in [9.17, 15) is 22.8 Å². The largest absolute Gasteiger partial charge is 0.443 e. The molecule has 0 atom stereocenters. The summed E-state index contributed by atoms with van der Waals surface area (Å²) in [5.74, 6) is -0.657. The van der Waals surface area contributed by atoms with Crippen molar-refractivity contribution in [3.05, 3.63) is 28.8 Å². The number of carbonyl (C=O) groups is 2. The summed E-state index contributed by atoms with van der Waals surface area (Å²) in [5.41, 5.74) is -1.46. The number of ketones is 1. The molecule has 1 aromatic rings. The smallest absolute Gasteiger partial charge is 0.417 e. The normalized spacial score (nSPS) is 14.7. The number of alkyl halides is 3. The molecule has 0 radical (unpaired) electrons. The molecule has 0 N–H and O–H groups in total. The SMILES string of the molecule is CC(=O)c1cc2c(cc1C(F)(F)F)N(C(=O)OC(C)(C)C)CC2. The van der Waals surface area contributed by atoms with E-state index in [0.717, 1.165) is 13.0 Å². The predicted octanol–water partition coefficient (Wildman–Crippen LogP) is 4.21. The maximum absolute atomic E-state index is 13.2. The van der Waals surface area contributed by atoms with Crippen LogP contribution in [0.5, 0.6) is 0 Å².